The summed E-state index contributed by atoms with van der Waals surface area (Å²) in [7, 11) is 1.87. The Morgan fingerprint density at radius 3 is 2.78 bits per heavy atom. The van der Waals surface area contributed by atoms with Gasteiger partial charge in [0.1, 0.15) is 17.5 Å². The zero-order valence-electron chi connectivity index (χ0n) is 11.2. The average molecular weight is 250 g/mol. The van der Waals surface area contributed by atoms with Gasteiger partial charge in [-0.15, -0.1) is 0 Å². The maximum Gasteiger partial charge on any atom is 0.134 e. The van der Waals surface area contributed by atoms with Gasteiger partial charge in [-0.25, -0.2) is 9.97 Å². The fraction of sp³-hybridized carbons (Fsp3) is 0.692. The van der Waals surface area contributed by atoms with Crippen LogP contribution in [0.2, 0.25) is 0 Å². The van der Waals surface area contributed by atoms with E-state index in [0.717, 1.165) is 30.3 Å². The van der Waals surface area contributed by atoms with E-state index in [1.807, 2.05) is 13.1 Å². The van der Waals surface area contributed by atoms with Crippen molar-refractivity contribution in [3.05, 3.63) is 11.9 Å². The maximum atomic E-state index is 9.17. The number of aliphatic hydroxyl groups is 1. The SMILES string of the molecule is CCCc1nc(NC)cc(N(CCO)C2CC2)n1. The van der Waals surface area contributed by atoms with Crippen LogP contribution < -0.4 is 10.2 Å². The van der Waals surface area contributed by atoms with E-state index in [0.29, 0.717) is 12.6 Å². The topological polar surface area (TPSA) is 61.3 Å². The van der Waals surface area contributed by atoms with E-state index in [4.69, 9.17) is 0 Å². The van der Waals surface area contributed by atoms with Gasteiger partial charge >= 0.3 is 0 Å². The molecule has 1 saturated carbocycles. The lowest BCUT2D eigenvalue weighted by Crippen LogP contribution is -2.30. The maximum absolute atomic E-state index is 9.17. The molecule has 0 atom stereocenters. The molecule has 5 heteroatoms. The molecule has 1 heterocycles. The van der Waals surface area contributed by atoms with Crippen LogP contribution >= 0.6 is 0 Å². The van der Waals surface area contributed by atoms with Crippen molar-refractivity contribution in [2.24, 2.45) is 0 Å². The van der Waals surface area contributed by atoms with Crippen molar-refractivity contribution in [1.29, 1.82) is 0 Å². The molecule has 1 aromatic heterocycles. The monoisotopic (exact) mass is 250 g/mol. The van der Waals surface area contributed by atoms with Crippen molar-refractivity contribution < 1.29 is 5.11 Å². The van der Waals surface area contributed by atoms with Crippen LogP contribution in [0.5, 0.6) is 0 Å². The van der Waals surface area contributed by atoms with Gasteiger partial charge in [0.25, 0.3) is 0 Å². The van der Waals surface area contributed by atoms with Gasteiger partial charge in [0.05, 0.1) is 6.61 Å². The number of anilines is 2. The molecular weight excluding hydrogens is 228 g/mol. The first-order valence-corrected chi connectivity index (χ1v) is 6.71. The van der Waals surface area contributed by atoms with Gasteiger partial charge in [0.15, 0.2) is 0 Å². The number of hydrogen-bond donors (Lipinski definition) is 2. The Morgan fingerprint density at radius 2 is 2.22 bits per heavy atom. The molecule has 1 aliphatic rings. The predicted octanol–water partition coefficient (Wildman–Crippen LogP) is 1.43. The molecule has 1 aromatic rings. The molecule has 0 bridgehead atoms. The third-order valence-corrected chi connectivity index (χ3v) is 3.11. The minimum atomic E-state index is 0.165. The van der Waals surface area contributed by atoms with E-state index >= 15 is 0 Å². The van der Waals surface area contributed by atoms with Crippen LogP contribution in [0.25, 0.3) is 0 Å². The van der Waals surface area contributed by atoms with Crippen molar-refractivity contribution in [3.63, 3.8) is 0 Å². The highest BCUT2D eigenvalue weighted by Crippen LogP contribution is 2.31. The third kappa shape index (κ3) is 3.10. The Hall–Kier alpha value is -1.36. The van der Waals surface area contributed by atoms with Gasteiger partial charge in [0.2, 0.25) is 0 Å². The van der Waals surface area contributed by atoms with Gasteiger partial charge in [-0.05, 0) is 19.3 Å². The second-order valence-corrected chi connectivity index (χ2v) is 4.68. The summed E-state index contributed by atoms with van der Waals surface area (Å²) in [5.74, 6) is 2.67. The van der Waals surface area contributed by atoms with Crippen LogP contribution in [0.15, 0.2) is 6.07 Å². The highest BCUT2D eigenvalue weighted by molar-refractivity contribution is 5.50. The van der Waals surface area contributed by atoms with Crippen LogP contribution in [-0.2, 0) is 6.42 Å². The molecule has 2 rings (SSSR count). The molecule has 1 aliphatic carbocycles. The molecule has 1 fully saturated rings. The van der Waals surface area contributed by atoms with E-state index in [1.54, 1.807) is 0 Å². The zero-order valence-corrected chi connectivity index (χ0v) is 11.2. The predicted molar refractivity (Wildman–Crippen MR) is 73.0 cm³/mol. The Kier molecular flexibility index (Phi) is 4.36. The molecule has 0 unspecified atom stereocenters. The molecule has 0 spiro atoms. The van der Waals surface area contributed by atoms with Crippen LogP contribution in [0.1, 0.15) is 32.0 Å². The second-order valence-electron chi connectivity index (χ2n) is 4.68. The van der Waals surface area contributed by atoms with Crippen molar-refractivity contribution in [2.75, 3.05) is 30.4 Å². The quantitative estimate of drug-likeness (QED) is 0.766. The van der Waals surface area contributed by atoms with Crippen molar-refractivity contribution in [3.8, 4) is 0 Å². The summed E-state index contributed by atoms with van der Waals surface area (Å²) >= 11 is 0. The molecule has 0 saturated heterocycles. The number of nitrogens with one attached hydrogen (secondary N) is 1. The van der Waals surface area contributed by atoms with Gasteiger partial charge < -0.3 is 15.3 Å². The standard InChI is InChI=1S/C13H22N4O/c1-3-4-11-15-12(14-2)9-13(16-11)17(7-8-18)10-5-6-10/h9-10,18H,3-8H2,1-2H3,(H,14,15,16). The molecule has 18 heavy (non-hydrogen) atoms. The lowest BCUT2D eigenvalue weighted by atomic mass is 10.3. The Labute approximate surface area is 108 Å². The minimum absolute atomic E-state index is 0.165. The van der Waals surface area contributed by atoms with Crippen molar-refractivity contribution in [1.82, 2.24) is 9.97 Å². The van der Waals surface area contributed by atoms with Gasteiger partial charge in [-0.3, -0.25) is 0 Å². The van der Waals surface area contributed by atoms with Crippen LogP contribution in [0.4, 0.5) is 11.6 Å². The Balaban J connectivity index is 2.25. The van der Waals surface area contributed by atoms with Crippen LogP contribution in [0, 0.1) is 0 Å². The second kappa shape index (κ2) is 6.00. The van der Waals surface area contributed by atoms with Gasteiger partial charge in [0, 0.05) is 32.1 Å². The normalized spacial score (nSPS) is 14.6. The van der Waals surface area contributed by atoms with Gasteiger partial charge in [-0.2, -0.15) is 0 Å². The molecule has 2 N–H and O–H groups in total. The smallest absolute Gasteiger partial charge is 0.134 e. The third-order valence-electron chi connectivity index (χ3n) is 3.11. The average Bonchev–Trinajstić information content (AvgIpc) is 3.20. The highest BCUT2D eigenvalue weighted by Gasteiger charge is 2.30. The first-order valence-electron chi connectivity index (χ1n) is 6.71. The van der Waals surface area contributed by atoms with E-state index in [9.17, 15) is 5.11 Å². The lowest BCUT2D eigenvalue weighted by molar-refractivity contribution is 0.301. The summed E-state index contributed by atoms with van der Waals surface area (Å²) in [6.45, 7) is 2.94. The van der Waals surface area contributed by atoms with Crippen LogP contribution in [0.3, 0.4) is 0 Å². The Morgan fingerprint density at radius 1 is 1.44 bits per heavy atom. The van der Waals surface area contributed by atoms with Crippen molar-refractivity contribution in [2.45, 2.75) is 38.6 Å². The summed E-state index contributed by atoms with van der Waals surface area (Å²) in [4.78, 5) is 11.3. The molecule has 0 radical (unpaired) electrons. The van der Waals surface area contributed by atoms with E-state index in [2.05, 4.69) is 27.1 Å². The van der Waals surface area contributed by atoms with Gasteiger partial charge in [-0.1, -0.05) is 6.92 Å². The zero-order chi connectivity index (χ0) is 13.0. The summed E-state index contributed by atoms with van der Waals surface area (Å²) < 4.78 is 0. The van der Waals surface area contributed by atoms with E-state index < -0.39 is 0 Å². The number of hydrogen-bond acceptors (Lipinski definition) is 5. The first kappa shape index (κ1) is 13.1. The molecular formula is C13H22N4O. The number of aryl methyl sites for hydroxylation is 1. The lowest BCUT2D eigenvalue weighted by Gasteiger charge is -2.23. The molecule has 100 valence electrons. The van der Waals surface area contributed by atoms with E-state index in [1.165, 1.54) is 12.8 Å². The molecule has 0 aromatic carbocycles. The highest BCUT2D eigenvalue weighted by atomic mass is 16.3. The number of aliphatic hydroxyl groups excluding tert-OH is 1. The number of nitrogens with zero attached hydrogens (tertiary/aromatic N) is 3. The summed E-state index contributed by atoms with van der Waals surface area (Å²) in [6, 6.07) is 2.51. The largest absolute Gasteiger partial charge is 0.395 e. The van der Waals surface area contributed by atoms with Crippen LogP contribution in [-0.4, -0.2) is 41.3 Å². The summed E-state index contributed by atoms with van der Waals surface area (Å²) in [6.07, 6.45) is 4.32. The first-order chi connectivity index (χ1) is 8.78. The Bertz CT molecular complexity index is 393. The number of aromatic nitrogens is 2. The molecule has 0 aliphatic heterocycles. The summed E-state index contributed by atoms with van der Waals surface area (Å²) in [5.41, 5.74) is 0. The number of rotatable bonds is 7. The fourth-order valence-corrected chi connectivity index (χ4v) is 2.07. The summed E-state index contributed by atoms with van der Waals surface area (Å²) in [5, 5.41) is 12.3. The fourth-order valence-electron chi connectivity index (χ4n) is 2.07. The van der Waals surface area contributed by atoms with Crippen molar-refractivity contribution >= 4 is 11.6 Å². The molecule has 5 nitrogen and oxygen atoms in total. The van der Waals surface area contributed by atoms with E-state index in [-0.39, 0.29) is 6.61 Å². The minimum Gasteiger partial charge on any atom is -0.395 e. The molecule has 0 amide bonds.